The normalized spacial score (nSPS) is 15.8. The van der Waals surface area contributed by atoms with Gasteiger partial charge in [0.2, 0.25) is 0 Å². The van der Waals surface area contributed by atoms with Crippen LogP contribution in [0.25, 0.3) is 5.69 Å². The van der Waals surface area contributed by atoms with Crippen molar-refractivity contribution in [2.45, 2.75) is 44.7 Å². The third-order valence-corrected chi connectivity index (χ3v) is 4.59. The van der Waals surface area contributed by atoms with Gasteiger partial charge >= 0.3 is 0 Å². The maximum Gasteiger partial charge on any atom is 0.191 e. The van der Waals surface area contributed by atoms with E-state index in [0.29, 0.717) is 12.6 Å². The standard InChI is InChI=1S/C19H27N5O/c1-20-19(22-15-6-4-3-5-7-15)21-14-16-12-13-24(23-16)17-8-10-18(25-2)11-9-17/h8-13,15H,3-7,14H2,1-2H3,(H2,20,21,22). The SMILES string of the molecule is CN=C(NCc1ccn(-c2ccc(OC)cc2)n1)NC1CCCCC1. The van der Waals surface area contributed by atoms with Crippen LogP contribution in [0.1, 0.15) is 37.8 Å². The number of guanidine groups is 1. The number of hydrogen-bond donors (Lipinski definition) is 2. The molecule has 2 N–H and O–H groups in total. The molecule has 0 saturated heterocycles. The number of aromatic nitrogens is 2. The fourth-order valence-electron chi connectivity index (χ4n) is 3.14. The molecule has 0 unspecified atom stereocenters. The van der Waals surface area contributed by atoms with Crippen molar-refractivity contribution in [3.05, 3.63) is 42.2 Å². The monoisotopic (exact) mass is 341 g/mol. The average Bonchev–Trinajstić information content (AvgIpc) is 3.15. The number of nitrogens with one attached hydrogen (secondary N) is 2. The van der Waals surface area contributed by atoms with Crippen molar-refractivity contribution in [3.63, 3.8) is 0 Å². The Hall–Kier alpha value is -2.50. The molecule has 6 nitrogen and oxygen atoms in total. The van der Waals surface area contributed by atoms with Gasteiger partial charge in [0.05, 0.1) is 25.0 Å². The van der Waals surface area contributed by atoms with E-state index in [2.05, 4.69) is 20.7 Å². The van der Waals surface area contributed by atoms with Crippen LogP contribution in [-0.2, 0) is 6.54 Å². The molecule has 0 atom stereocenters. The molecule has 1 fully saturated rings. The number of ether oxygens (including phenoxy) is 1. The molecular weight excluding hydrogens is 314 g/mol. The first kappa shape index (κ1) is 17.3. The van der Waals surface area contributed by atoms with Gasteiger partial charge in [-0.05, 0) is 43.2 Å². The summed E-state index contributed by atoms with van der Waals surface area (Å²) in [5.74, 6) is 1.70. The summed E-state index contributed by atoms with van der Waals surface area (Å²) in [6.45, 7) is 0.648. The lowest BCUT2D eigenvalue weighted by Gasteiger charge is -2.24. The minimum absolute atomic E-state index is 0.539. The van der Waals surface area contributed by atoms with Gasteiger partial charge in [-0.2, -0.15) is 5.10 Å². The summed E-state index contributed by atoms with van der Waals surface area (Å²) in [5, 5.41) is 11.5. The molecule has 1 aliphatic rings. The van der Waals surface area contributed by atoms with E-state index in [1.807, 2.05) is 48.3 Å². The minimum Gasteiger partial charge on any atom is -0.497 e. The molecule has 0 bridgehead atoms. The van der Waals surface area contributed by atoms with Crippen molar-refractivity contribution >= 4 is 5.96 Å². The molecule has 1 saturated carbocycles. The van der Waals surface area contributed by atoms with Crippen LogP contribution in [0.5, 0.6) is 5.75 Å². The van der Waals surface area contributed by atoms with Gasteiger partial charge in [-0.25, -0.2) is 4.68 Å². The Balaban J connectivity index is 1.55. The van der Waals surface area contributed by atoms with Crippen LogP contribution in [0.3, 0.4) is 0 Å². The summed E-state index contributed by atoms with van der Waals surface area (Å²) in [6, 6.07) is 10.4. The van der Waals surface area contributed by atoms with Crippen LogP contribution < -0.4 is 15.4 Å². The van der Waals surface area contributed by atoms with Crippen LogP contribution in [0.2, 0.25) is 0 Å². The molecule has 0 aliphatic heterocycles. The van der Waals surface area contributed by atoms with Gasteiger partial charge in [-0.1, -0.05) is 19.3 Å². The van der Waals surface area contributed by atoms with E-state index >= 15 is 0 Å². The molecule has 1 aromatic carbocycles. The topological polar surface area (TPSA) is 63.5 Å². The average molecular weight is 341 g/mol. The maximum atomic E-state index is 5.19. The Kier molecular flexibility index (Phi) is 5.93. The predicted octanol–water partition coefficient (Wildman–Crippen LogP) is 2.88. The summed E-state index contributed by atoms with van der Waals surface area (Å²) in [5.41, 5.74) is 1.99. The third kappa shape index (κ3) is 4.75. The number of aliphatic imine (C=N–C) groups is 1. The zero-order valence-corrected chi connectivity index (χ0v) is 15.0. The summed E-state index contributed by atoms with van der Waals surface area (Å²) in [7, 11) is 3.48. The number of rotatable bonds is 5. The van der Waals surface area contributed by atoms with E-state index in [0.717, 1.165) is 23.1 Å². The van der Waals surface area contributed by atoms with Crippen molar-refractivity contribution in [2.24, 2.45) is 4.99 Å². The van der Waals surface area contributed by atoms with Crippen molar-refractivity contribution in [1.82, 2.24) is 20.4 Å². The first-order chi connectivity index (χ1) is 12.3. The van der Waals surface area contributed by atoms with E-state index in [1.54, 1.807) is 7.11 Å². The molecule has 0 amide bonds. The van der Waals surface area contributed by atoms with Gasteiger partial charge in [0, 0.05) is 19.3 Å². The summed E-state index contributed by atoms with van der Waals surface area (Å²) in [4.78, 5) is 4.33. The predicted molar refractivity (Wildman–Crippen MR) is 100 cm³/mol. The number of benzene rings is 1. The Labute approximate surface area is 149 Å². The van der Waals surface area contributed by atoms with Crippen LogP contribution in [0, 0.1) is 0 Å². The van der Waals surface area contributed by atoms with Gasteiger partial charge in [0.15, 0.2) is 5.96 Å². The smallest absolute Gasteiger partial charge is 0.191 e. The highest BCUT2D eigenvalue weighted by atomic mass is 16.5. The van der Waals surface area contributed by atoms with Crippen LogP contribution >= 0.6 is 0 Å². The molecule has 6 heteroatoms. The van der Waals surface area contributed by atoms with Gasteiger partial charge < -0.3 is 15.4 Å². The van der Waals surface area contributed by atoms with Crippen LogP contribution in [-0.4, -0.2) is 35.9 Å². The number of hydrogen-bond acceptors (Lipinski definition) is 3. The number of nitrogens with zero attached hydrogens (tertiary/aromatic N) is 3. The highest BCUT2D eigenvalue weighted by Gasteiger charge is 2.14. The molecular formula is C19H27N5O. The van der Waals surface area contributed by atoms with Crippen molar-refractivity contribution in [3.8, 4) is 11.4 Å². The molecule has 25 heavy (non-hydrogen) atoms. The second-order valence-corrected chi connectivity index (χ2v) is 6.35. The highest BCUT2D eigenvalue weighted by molar-refractivity contribution is 5.79. The molecule has 134 valence electrons. The van der Waals surface area contributed by atoms with Gasteiger partial charge in [-0.3, -0.25) is 4.99 Å². The van der Waals surface area contributed by atoms with Gasteiger partial charge in [-0.15, -0.1) is 0 Å². The lowest BCUT2D eigenvalue weighted by Crippen LogP contribution is -2.43. The second kappa shape index (κ2) is 8.55. The minimum atomic E-state index is 0.539. The molecule has 0 spiro atoms. The Morgan fingerprint density at radius 2 is 1.96 bits per heavy atom. The van der Waals surface area contributed by atoms with E-state index in [9.17, 15) is 0 Å². The lowest BCUT2D eigenvalue weighted by atomic mass is 9.96. The first-order valence-electron chi connectivity index (χ1n) is 8.94. The Morgan fingerprint density at radius 1 is 1.20 bits per heavy atom. The second-order valence-electron chi connectivity index (χ2n) is 6.35. The van der Waals surface area contributed by atoms with Crippen molar-refractivity contribution < 1.29 is 4.74 Å². The molecule has 1 aliphatic carbocycles. The van der Waals surface area contributed by atoms with Crippen LogP contribution in [0.4, 0.5) is 0 Å². The highest BCUT2D eigenvalue weighted by Crippen LogP contribution is 2.17. The largest absolute Gasteiger partial charge is 0.497 e. The number of methoxy groups -OCH3 is 1. The zero-order chi connectivity index (χ0) is 17.5. The summed E-state index contributed by atoms with van der Waals surface area (Å²) >= 11 is 0. The lowest BCUT2D eigenvalue weighted by molar-refractivity contribution is 0.410. The quantitative estimate of drug-likeness (QED) is 0.648. The van der Waals surface area contributed by atoms with Crippen LogP contribution in [0.15, 0.2) is 41.5 Å². The van der Waals surface area contributed by atoms with E-state index < -0.39 is 0 Å². The fourth-order valence-corrected chi connectivity index (χ4v) is 3.14. The Bertz CT molecular complexity index is 686. The van der Waals surface area contributed by atoms with E-state index in [4.69, 9.17) is 4.74 Å². The molecule has 0 radical (unpaired) electrons. The van der Waals surface area contributed by atoms with E-state index in [-0.39, 0.29) is 0 Å². The fraction of sp³-hybridized carbons (Fsp3) is 0.474. The van der Waals surface area contributed by atoms with Gasteiger partial charge in [0.1, 0.15) is 5.75 Å². The first-order valence-corrected chi connectivity index (χ1v) is 8.94. The maximum absolute atomic E-state index is 5.19. The zero-order valence-electron chi connectivity index (χ0n) is 15.0. The van der Waals surface area contributed by atoms with Crippen molar-refractivity contribution in [2.75, 3.05) is 14.2 Å². The van der Waals surface area contributed by atoms with Crippen molar-refractivity contribution in [1.29, 1.82) is 0 Å². The Morgan fingerprint density at radius 3 is 2.64 bits per heavy atom. The van der Waals surface area contributed by atoms with Gasteiger partial charge in [0.25, 0.3) is 0 Å². The summed E-state index contributed by atoms with van der Waals surface area (Å²) < 4.78 is 7.06. The molecule has 1 aromatic heterocycles. The molecule has 2 aromatic rings. The third-order valence-electron chi connectivity index (χ3n) is 4.59. The molecule has 3 rings (SSSR count). The summed E-state index contributed by atoms with van der Waals surface area (Å²) in [6.07, 6.45) is 8.39. The van der Waals surface area contributed by atoms with E-state index in [1.165, 1.54) is 32.1 Å². The molecule has 1 heterocycles.